The molecule has 0 aromatic carbocycles. The average molecular weight is 498 g/mol. The van der Waals surface area contributed by atoms with Crippen LogP contribution in [0.2, 0.25) is 0 Å². The van der Waals surface area contributed by atoms with E-state index in [0.717, 1.165) is 23.8 Å². The second kappa shape index (κ2) is 9.67. The van der Waals surface area contributed by atoms with E-state index in [1.165, 1.54) is 0 Å². The number of alkyl halides is 3. The molecule has 1 aliphatic carbocycles. The van der Waals surface area contributed by atoms with Crippen molar-refractivity contribution in [1.29, 1.82) is 0 Å². The van der Waals surface area contributed by atoms with Gasteiger partial charge in [0.2, 0.25) is 0 Å². The van der Waals surface area contributed by atoms with E-state index in [-0.39, 0.29) is 53.1 Å². The SMILES string of the molecule is C=CC/C=C\C1NC2NC=CC(c3nc(NC4CC(N)C4)c4c(n3)=CCN=CC=4C(F)(F)F)=C2C1C. The van der Waals surface area contributed by atoms with Crippen LogP contribution >= 0.6 is 0 Å². The lowest BCUT2D eigenvalue weighted by molar-refractivity contribution is -0.0673. The Morgan fingerprint density at radius 1 is 1.28 bits per heavy atom. The molecule has 190 valence electrons. The van der Waals surface area contributed by atoms with E-state index in [0.29, 0.717) is 18.7 Å². The molecule has 5 N–H and O–H groups in total. The van der Waals surface area contributed by atoms with Gasteiger partial charge in [-0.2, -0.15) is 13.2 Å². The van der Waals surface area contributed by atoms with Crippen LogP contribution in [0.15, 0.2) is 47.6 Å². The highest BCUT2D eigenvalue weighted by Crippen LogP contribution is 2.35. The molecule has 0 amide bonds. The Bertz CT molecular complexity index is 1290. The number of dihydropyridines is 1. The third-order valence-electron chi connectivity index (χ3n) is 7.05. The van der Waals surface area contributed by atoms with E-state index in [9.17, 15) is 13.2 Å². The Labute approximate surface area is 207 Å². The van der Waals surface area contributed by atoms with Crippen LogP contribution in [0.4, 0.5) is 19.0 Å². The molecular formula is C26H30F3N7. The number of nitrogens with one attached hydrogen (secondary N) is 3. The first-order valence-corrected chi connectivity index (χ1v) is 12.2. The molecule has 1 saturated carbocycles. The highest BCUT2D eigenvalue weighted by Gasteiger charge is 2.39. The van der Waals surface area contributed by atoms with Crippen molar-refractivity contribution in [3.05, 3.63) is 59.0 Å². The summed E-state index contributed by atoms with van der Waals surface area (Å²) in [5.41, 5.74) is 6.97. The van der Waals surface area contributed by atoms with Gasteiger partial charge >= 0.3 is 6.18 Å². The van der Waals surface area contributed by atoms with Gasteiger partial charge in [0, 0.05) is 35.8 Å². The van der Waals surface area contributed by atoms with Crippen molar-refractivity contribution in [3.8, 4) is 0 Å². The van der Waals surface area contributed by atoms with Crippen molar-refractivity contribution < 1.29 is 13.2 Å². The van der Waals surface area contributed by atoms with Crippen LogP contribution in [0.5, 0.6) is 0 Å². The zero-order chi connectivity index (χ0) is 25.4. The summed E-state index contributed by atoms with van der Waals surface area (Å²) in [7, 11) is 0. The van der Waals surface area contributed by atoms with Crippen molar-refractivity contribution in [2.75, 3.05) is 11.9 Å². The monoisotopic (exact) mass is 497 g/mol. The number of rotatable bonds is 6. The van der Waals surface area contributed by atoms with E-state index < -0.39 is 11.7 Å². The number of aromatic nitrogens is 2. The fraction of sp³-hybridized carbons (Fsp3) is 0.423. The van der Waals surface area contributed by atoms with E-state index in [1.54, 1.807) is 6.08 Å². The summed E-state index contributed by atoms with van der Waals surface area (Å²) >= 11 is 0. The number of hydrogen-bond acceptors (Lipinski definition) is 7. The molecule has 0 radical (unpaired) electrons. The van der Waals surface area contributed by atoms with Gasteiger partial charge < -0.3 is 16.4 Å². The minimum absolute atomic E-state index is 0.0381. The minimum atomic E-state index is -4.59. The molecule has 0 spiro atoms. The molecule has 3 aliphatic heterocycles. The summed E-state index contributed by atoms with van der Waals surface area (Å²) < 4.78 is 42.1. The smallest absolute Gasteiger partial charge is 0.372 e. The van der Waals surface area contributed by atoms with E-state index in [1.807, 2.05) is 18.4 Å². The topological polar surface area (TPSA) is 100 Å². The van der Waals surface area contributed by atoms with Gasteiger partial charge in [-0.1, -0.05) is 25.2 Å². The van der Waals surface area contributed by atoms with Crippen LogP contribution in [0.3, 0.4) is 0 Å². The lowest BCUT2D eigenvalue weighted by Gasteiger charge is -2.33. The maximum atomic E-state index is 14.0. The molecule has 7 nitrogen and oxygen atoms in total. The predicted octanol–water partition coefficient (Wildman–Crippen LogP) is 1.89. The Kier molecular flexibility index (Phi) is 6.57. The first-order valence-electron chi connectivity index (χ1n) is 12.2. The molecule has 2 fully saturated rings. The molecule has 5 rings (SSSR count). The summed E-state index contributed by atoms with van der Waals surface area (Å²) in [5, 5.41) is 10.3. The number of nitrogens with two attached hydrogens (primary N) is 1. The zero-order valence-electron chi connectivity index (χ0n) is 20.0. The molecule has 3 unspecified atom stereocenters. The van der Waals surface area contributed by atoms with Crippen molar-refractivity contribution >= 4 is 29.3 Å². The van der Waals surface area contributed by atoms with Crippen molar-refractivity contribution in [2.45, 2.75) is 56.7 Å². The van der Waals surface area contributed by atoms with Crippen molar-refractivity contribution in [2.24, 2.45) is 16.6 Å². The summed E-state index contributed by atoms with van der Waals surface area (Å²) in [4.78, 5) is 13.3. The molecule has 1 aromatic heterocycles. The van der Waals surface area contributed by atoms with Gasteiger partial charge in [0.1, 0.15) is 12.0 Å². The van der Waals surface area contributed by atoms with Gasteiger partial charge in [0.15, 0.2) is 5.82 Å². The van der Waals surface area contributed by atoms with Crippen LogP contribution in [-0.2, 0) is 0 Å². The van der Waals surface area contributed by atoms with E-state index in [4.69, 9.17) is 10.7 Å². The summed E-state index contributed by atoms with van der Waals surface area (Å²) in [6.45, 7) is 5.99. The third kappa shape index (κ3) is 4.62. The summed E-state index contributed by atoms with van der Waals surface area (Å²) in [6, 6.07) is 0.0884. The molecule has 1 aromatic rings. The standard InChI is InChI=1S/C26H30F3N7/c1-3-4-5-6-19-14(2)21-17(7-10-32-24(21)34-19)23-35-20-8-9-31-13-18(26(27,28)29)22(20)25(36-23)33-16-11-15(30)12-16/h3,5-8,10,13-16,19,24,32,34H,1,4,9,11-12,30H2,2H3,(H,33,35,36)/b6-5-. The zero-order valence-corrected chi connectivity index (χ0v) is 20.0. The largest absolute Gasteiger partial charge is 0.418 e. The van der Waals surface area contributed by atoms with Gasteiger partial charge in [0.25, 0.3) is 0 Å². The van der Waals surface area contributed by atoms with Crippen LogP contribution < -0.4 is 32.3 Å². The number of hydrogen-bond donors (Lipinski definition) is 4. The molecule has 10 heteroatoms. The fourth-order valence-electron chi connectivity index (χ4n) is 5.14. The highest BCUT2D eigenvalue weighted by molar-refractivity contribution is 6.05. The average Bonchev–Trinajstić information content (AvgIpc) is 2.99. The van der Waals surface area contributed by atoms with Crippen LogP contribution in [0.1, 0.15) is 32.0 Å². The van der Waals surface area contributed by atoms with Gasteiger partial charge in [0.05, 0.1) is 22.7 Å². The third-order valence-corrected chi connectivity index (χ3v) is 7.05. The first kappa shape index (κ1) is 24.5. The molecule has 0 bridgehead atoms. The number of halogens is 3. The molecule has 4 aliphatic rings. The quantitative estimate of drug-likeness (QED) is 0.448. The van der Waals surface area contributed by atoms with E-state index in [2.05, 4.69) is 51.6 Å². The highest BCUT2D eigenvalue weighted by atomic mass is 19.4. The second-order valence-electron chi connectivity index (χ2n) is 9.57. The van der Waals surface area contributed by atoms with Crippen molar-refractivity contribution in [1.82, 2.24) is 20.6 Å². The Morgan fingerprint density at radius 3 is 2.81 bits per heavy atom. The van der Waals surface area contributed by atoms with Gasteiger partial charge in [-0.05, 0) is 43.2 Å². The maximum absolute atomic E-state index is 14.0. The van der Waals surface area contributed by atoms with Gasteiger partial charge in [-0.25, -0.2) is 9.97 Å². The summed E-state index contributed by atoms with van der Waals surface area (Å²) in [5.74, 6) is 0.680. The van der Waals surface area contributed by atoms with Gasteiger partial charge in [-0.15, -0.1) is 6.58 Å². The Balaban J connectivity index is 1.66. The van der Waals surface area contributed by atoms with Crippen molar-refractivity contribution in [3.63, 3.8) is 0 Å². The van der Waals surface area contributed by atoms with Gasteiger partial charge in [-0.3, -0.25) is 10.3 Å². The first-order chi connectivity index (χ1) is 17.3. The summed E-state index contributed by atoms with van der Waals surface area (Å²) in [6.07, 6.45) is 9.67. The van der Waals surface area contributed by atoms with Crippen LogP contribution in [-0.4, -0.2) is 53.2 Å². The Hall–Kier alpha value is -3.24. The second-order valence-corrected chi connectivity index (χ2v) is 9.57. The fourth-order valence-corrected chi connectivity index (χ4v) is 5.14. The molecule has 1 saturated heterocycles. The number of aliphatic imine (C=N–C) groups is 1. The Morgan fingerprint density at radius 2 is 2.08 bits per heavy atom. The molecule has 36 heavy (non-hydrogen) atoms. The lowest BCUT2D eigenvalue weighted by Crippen LogP contribution is -2.47. The lowest BCUT2D eigenvalue weighted by atomic mass is 9.87. The number of nitrogens with zero attached hydrogens (tertiary/aromatic N) is 3. The number of anilines is 1. The molecule has 3 atom stereocenters. The van der Waals surface area contributed by atoms with Crippen LogP contribution in [0.25, 0.3) is 17.2 Å². The normalized spacial score (nSPS) is 29.2. The van der Waals surface area contributed by atoms with Crippen LogP contribution in [0, 0.1) is 5.92 Å². The maximum Gasteiger partial charge on any atom is 0.418 e. The van der Waals surface area contributed by atoms with E-state index >= 15 is 0 Å². The minimum Gasteiger partial charge on any atom is -0.372 e. The number of allylic oxidation sites excluding steroid dienone is 4. The molecule has 4 heterocycles. The predicted molar refractivity (Wildman–Crippen MR) is 136 cm³/mol. The molecular weight excluding hydrogens is 467 g/mol. The number of fused-ring (bicyclic) bond motifs is 2.